The van der Waals surface area contributed by atoms with Gasteiger partial charge in [-0.05, 0) is 19.1 Å². The molecular weight excluding hydrogens is 272 g/mol. The number of nitrogens with zero attached hydrogens (tertiary/aromatic N) is 1. The Kier molecular flexibility index (Phi) is 4.93. The van der Waals surface area contributed by atoms with Crippen LogP contribution in [0.15, 0.2) is 24.3 Å². The number of carbonyl (C=O) groups is 2. The van der Waals surface area contributed by atoms with Crippen LogP contribution < -0.4 is 5.32 Å². The van der Waals surface area contributed by atoms with Crippen LogP contribution in [0.2, 0.25) is 0 Å². The number of nitrogens with one attached hydrogen (secondary N) is 1. The van der Waals surface area contributed by atoms with Crippen LogP contribution in [0.4, 0.5) is 5.69 Å². The van der Waals surface area contributed by atoms with Crippen LogP contribution in [0.3, 0.4) is 0 Å². The zero-order valence-electron chi connectivity index (χ0n) is 12.2. The molecule has 114 valence electrons. The molecule has 0 unspecified atom stereocenters. The third kappa shape index (κ3) is 4.03. The van der Waals surface area contributed by atoms with Crippen LogP contribution in [-0.2, 0) is 14.3 Å². The number of esters is 1. The van der Waals surface area contributed by atoms with E-state index in [1.807, 2.05) is 31.2 Å². The van der Waals surface area contributed by atoms with Gasteiger partial charge in [-0.1, -0.05) is 17.7 Å². The van der Waals surface area contributed by atoms with Crippen molar-refractivity contribution in [1.82, 2.24) is 4.90 Å². The molecule has 1 fully saturated rings. The van der Waals surface area contributed by atoms with Gasteiger partial charge >= 0.3 is 5.97 Å². The lowest BCUT2D eigenvalue weighted by molar-refractivity contribution is -0.146. The highest BCUT2D eigenvalue weighted by molar-refractivity contribution is 5.92. The summed E-state index contributed by atoms with van der Waals surface area (Å²) in [5.41, 5.74) is 1.82. The van der Waals surface area contributed by atoms with E-state index in [-0.39, 0.29) is 12.5 Å². The highest BCUT2D eigenvalue weighted by Crippen LogP contribution is 2.19. The molecule has 0 saturated carbocycles. The Morgan fingerprint density at radius 3 is 2.67 bits per heavy atom. The maximum absolute atomic E-state index is 12.0. The lowest BCUT2D eigenvalue weighted by atomic mass is 10.2. The predicted molar refractivity (Wildman–Crippen MR) is 77.8 cm³/mol. The van der Waals surface area contributed by atoms with Gasteiger partial charge in [-0.15, -0.1) is 0 Å². The van der Waals surface area contributed by atoms with E-state index >= 15 is 0 Å². The Labute approximate surface area is 123 Å². The van der Waals surface area contributed by atoms with Crippen LogP contribution in [0, 0.1) is 6.92 Å². The molecule has 2 atom stereocenters. The molecule has 0 aromatic heterocycles. The number of hydrogen-bond donors (Lipinski definition) is 2. The number of amides is 1. The third-order valence-electron chi connectivity index (χ3n) is 3.54. The Morgan fingerprint density at radius 2 is 2.05 bits per heavy atom. The lowest BCUT2D eigenvalue weighted by Gasteiger charge is -2.21. The van der Waals surface area contributed by atoms with Crippen molar-refractivity contribution in [1.29, 1.82) is 0 Å². The normalized spacial score (nSPS) is 22.0. The molecular formula is C15H20N2O4. The van der Waals surface area contributed by atoms with E-state index in [0.717, 1.165) is 5.56 Å². The van der Waals surface area contributed by atoms with Crippen LogP contribution in [0.25, 0.3) is 0 Å². The monoisotopic (exact) mass is 292 g/mol. The van der Waals surface area contributed by atoms with Crippen molar-refractivity contribution in [2.75, 3.05) is 25.5 Å². The highest BCUT2D eigenvalue weighted by atomic mass is 16.5. The third-order valence-corrected chi connectivity index (χ3v) is 3.54. The molecule has 0 radical (unpaired) electrons. The summed E-state index contributed by atoms with van der Waals surface area (Å²) in [5.74, 6) is -0.642. The molecule has 6 nitrogen and oxygen atoms in total. The van der Waals surface area contributed by atoms with Gasteiger partial charge in [0.15, 0.2) is 0 Å². The zero-order chi connectivity index (χ0) is 15.4. The summed E-state index contributed by atoms with van der Waals surface area (Å²) < 4.78 is 4.70. The fraction of sp³-hybridized carbons (Fsp3) is 0.467. The summed E-state index contributed by atoms with van der Waals surface area (Å²) in [4.78, 5) is 25.3. The number of benzene rings is 1. The van der Waals surface area contributed by atoms with Gasteiger partial charge in [0.05, 0.1) is 19.8 Å². The Hall–Kier alpha value is -1.92. The standard InChI is InChI=1S/C15H20N2O4/c1-10-3-5-11(6-4-10)16-14(19)9-17-8-12(18)7-13(17)15(20)21-2/h3-6,12-13,18H,7-9H2,1-2H3,(H,16,19)/t12-,13+/m1/s1. The van der Waals surface area contributed by atoms with E-state index in [1.54, 1.807) is 4.90 Å². The number of likely N-dealkylation sites (tertiary alicyclic amines) is 1. The number of carbonyl (C=O) groups excluding carboxylic acids is 2. The molecule has 0 aliphatic carbocycles. The van der Waals surface area contributed by atoms with Crippen molar-refractivity contribution in [2.24, 2.45) is 0 Å². The molecule has 1 saturated heterocycles. The number of anilines is 1. The van der Waals surface area contributed by atoms with Crippen molar-refractivity contribution >= 4 is 17.6 Å². The van der Waals surface area contributed by atoms with Gasteiger partial charge in [-0.3, -0.25) is 14.5 Å². The zero-order valence-corrected chi connectivity index (χ0v) is 12.2. The van der Waals surface area contributed by atoms with E-state index in [2.05, 4.69) is 5.32 Å². The number of rotatable bonds is 4. The molecule has 1 aliphatic rings. The number of methoxy groups -OCH3 is 1. The molecule has 0 spiro atoms. The van der Waals surface area contributed by atoms with Crippen LogP contribution >= 0.6 is 0 Å². The van der Waals surface area contributed by atoms with E-state index in [1.165, 1.54) is 7.11 Å². The van der Waals surface area contributed by atoms with Crippen LogP contribution in [0.1, 0.15) is 12.0 Å². The molecule has 1 amide bonds. The second-order valence-electron chi connectivity index (χ2n) is 5.27. The van der Waals surface area contributed by atoms with Crippen molar-refractivity contribution < 1.29 is 19.4 Å². The second kappa shape index (κ2) is 6.69. The first-order chi connectivity index (χ1) is 9.99. The Balaban J connectivity index is 1.94. The summed E-state index contributed by atoms with van der Waals surface area (Å²) in [6, 6.07) is 6.90. The number of hydrogen-bond acceptors (Lipinski definition) is 5. The first-order valence-electron chi connectivity index (χ1n) is 6.86. The number of aliphatic hydroxyl groups is 1. The van der Waals surface area contributed by atoms with E-state index in [9.17, 15) is 14.7 Å². The summed E-state index contributed by atoms with van der Waals surface area (Å²) in [6.45, 7) is 2.31. The molecule has 1 heterocycles. The van der Waals surface area contributed by atoms with Crippen LogP contribution in [0.5, 0.6) is 0 Å². The summed E-state index contributed by atoms with van der Waals surface area (Å²) >= 11 is 0. The average Bonchev–Trinajstić information content (AvgIpc) is 2.81. The summed E-state index contributed by atoms with van der Waals surface area (Å²) in [6.07, 6.45) is -0.314. The highest BCUT2D eigenvalue weighted by Gasteiger charge is 2.37. The first kappa shape index (κ1) is 15.5. The summed E-state index contributed by atoms with van der Waals surface area (Å²) in [7, 11) is 1.30. The van der Waals surface area contributed by atoms with Crippen molar-refractivity contribution in [3.63, 3.8) is 0 Å². The van der Waals surface area contributed by atoms with Gasteiger partial charge in [-0.2, -0.15) is 0 Å². The van der Waals surface area contributed by atoms with Gasteiger partial charge in [0.1, 0.15) is 6.04 Å². The molecule has 2 rings (SSSR count). The van der Waals surface area contributed by atoms with Gasteiger partial charge in [0, 0.05) is 18.7 Å². The lowest BCUT2D eigenvalue weighted by Crippen LogP contribution is -2.41. The molecule has 1 aromatic carbocycles. The molecule has 1 aliphatic heterocycles. The van der Waals surface area contributed by atoms with Gasteiger partial charge in [0.2, 0.25) is 5.91 Å². The smallest absolute Gasteiger partial charge is 0.323 e. The topological polar surface area (TPSA) is 78.9 Å². The molecule has 1 aromatic rings. The molecule has 2 N–H and O–H groups in total. The van der Waals surface area contributed by atoms with E-state index < -0.39 is 18.1 Å². The minimum atomic E-state index is -0.610. The SMILES string of the molecule is COC(=O)[C@@H]1C[C@@H](O)CN1CC(=O)Nc1ccc(C)cc1. The molecule has 21 heavy (non-hydrogen) atoms. The van der Waals surface area contributed by atoms with Gasteiger partial charge in [0.25, 0.3) is 0 Å². The quantitative estimate of drug-likeness (QED) is 0.792. The number of aliphatic hydroxyl groups excluding tert-OH is 1. The fourth-order valence-corrected chi connectivity index (χ4v) is 2.46. The Bertz CT molecular complexity index is 515. The Morgan fingerprint density at radius 1 is 1.38 bits per heavy atom. The first-order valence-corrected chi connectivity index (χ1v) is 6.86. The van der Waals surface area contributed by atoms with Crippen molar-refractivity contribution in [2.45, 2.75) is 25.5 Å². The van der Waals surface area contributed by atoms with Crippen molar-refractivity contribution in [3.05, 3.63) is 29.8 Å². The number of ether oxygens (including phenoxy) is 1. The van der Waals surface area contributed by atoms with E-state index in [0.29, 0.717) is 18.7 Å². The van der Waals surface area contributed by atoms with E-state index in [4.69, 9.17) is 4.74 Å². The van der Waals surface area contributed by atoms with Crippen LogP contribution in [-0.4, -0.2) is 54.2 Å². The largest absolute Gasteiger partial charge is 0.468 e. The summed E-state index contributed by atoms with van der Waals surface area (Å²) in [5, 5.41) is 12.4. The van der Waals surface area contributed by atoms with Gasteiger partial charge in [-0.25, -0.2) is 0 Å². The second-order valence-corrected chi connectivity index (χ2v) is 5.27. The minimum absolute atomic E-state index is 0.0463. The maximum Gasteiger partial charge on any atom is 0.323 e. The predicted octanol–water partition coefficient (Wildman–Crippen LogP) is 0.542. The molecule has 6 heteroatoms. The number of β-amino-alcohol motifs (C(OH)–C–C–N with tert-alkyl or cyclic N) is 1. The molecule has 0 bridgehead atoms. The average molecular weight is 292 g/mol. The van der Waals surface area contributed by atoms with Crippen molar-refractivity contribution in [3.8, 4) is 0 Å². The van der Waals surface area contributed by atoms with Gasteiger partial charge < -0.3 is 15.2 Å². The fourth-order valence-electron chi connectivity index (χ4n) is 2.46. The minimum Gasteiger partial charge on any atom is -0.468 e. The maximum atomic E-state index is 12.0. The number of aryl methyl sites for hydroxylation is 1.